The van der Waals surface area contributed by atoms with Crippen molar-refractivity contribution in [2.45, 2.75) is 31.3 Å². The molecule has 13 heteroatoms. The van der Waals surface area contributed by atoms with Crippen LogP contribution in [0.3, 0.4) is 0 Å². The molecule has 0 saturated carbocycles. The molecule has 0 amide bonds. The summed E-state index contributed by atoms with van der Waals surface area (Å²) >= 11 is 0. The highest BCUT2D eigenvalue weighted by atomic mass is 35.5. The number of rotatable bonds is 8. The van der Waals surface area contributed by atoms with Gasteiger partial charge in [-0.2, -0.15) is 0 Å². The molecule has 16 N–H and O–H groups in total. The molecular weight excluding hydrogens is 532 g/mol. The fraction of sp³-hybridized carbons (Fsp3) is 0.269. The van der Waals surface area contributed by atoms with E-state index in [1.54, 1.807) is 37.3 Å². The van der Waals surface area contributed by atoms with Crippen molar-refractivity contribution in [3.63, 3.8) is 0 Å². The van der Waals surface area contributed by atoms with Gasteiger partial charge in [0.1, 0.15) is 11.6 Å². The van der Waals surface area contributed by atoms with Crippen LogP contribution in [0.5, 0.6) is 5.75 Å². The number of ether oxygens (including phenoxy) is 1. The molecule has 3 aromatic carbocycles. The van der Waals surface area contributed by atoms with Crippen LogP contribution >= 0.6 is 12.4 Å². The van der Waals surface area contributed by atoms with Gasteiger partial charge in [-0.1, -0.05) is 42.5 Å². The van der Waals surface area contributed by atoms with Crippen LogP contribution in [-0.4, -0.2) is 68.7 Å². The smallest absolute Gasteiger partial charge is 0.311 e. The average molecular weight is 571 g/mol. The highest BCUT2D eigenvalue weighted by Gasteiger charge is 2.38. The second-order valence-corrected chi connectivity index (χ2v) is 8.62. The lowest BCUT2D eigenvalue weighted by atomic mass is 9.91. The number of carboxylic acids is 1. The SMILES string of the molecule is CC(=N)[C@]1(Oc2ccc([C@H](Cc3ccc4ccc(C(=N)N)cc4c3)C(=O)O)cc2)CCNC1.Cl.O.O.O.O.O. The lowest BCUT2D eigenvalue weighted by Crippen LogP contribution is -2.44. The number of amidine groups is 1. The zero-order valence-corrected chi connectivity index (χ0v) is 22.2. The standard InChI is InChI=1S/C26H28N4O3.ClH.5H2O/c1-16(27)26(10-11-30-15-26)33-22-8-6-19(7-9-22)23(25(31)32)13-17-2-3-18-4-5-20(24(28)29)14-21(18)12-17;;;;;;/h2-9,12,14,23,27,30H,10-11,13,15H2,1H3,(H3,28,29)(H,31,32);1H;5*1H2/t23-,26-;;;;;;/m0....../s1. The molecule has 1 aliphatic rings. The quantitative estimate of drug-likeness (QED) is 0.184. The van der Waals surface area contributed by atoms with E-state index in [9.17, 15) is 9.90 Å². The van der Waals surface area contributed by atoms with Gasteiger partial charge in [0.25, 0.3) is 0 Å². The van der Waals surface area contributed by atoms with Crippen molar-refractivity contribution in [1.29, 1.82) is 10.8 Å². The van der Waals surface area contributed by atoms with Crippen LogP contribution in [0, 0.1) is 10.8 Å². The molecule has 3 aromatic rings. The molecule has 1 heterocycles. The number of fused-ring (bicyclic) bond motifs is 1. The van der Waals surface area contributed by atoms with Crippen molar-refractivity contribution >= 4 is 40.7 Å². The van der Waals surface area contributed by atoms with Gasteiger partial charge in [-0.3, -0.25) is 10.2 Å². The summed E-state index contributed by atoms with van der Waals surface area (Å²) in [5.74, 6) is -0.978. The third-order valence-electron chi connectivity index (χ3n) is 6.35. The van der Waals surface area contributed by atoms with Crippen LogP contribution in [0.4, 0.5) is 0 Å². The second-order valence-electron chi connectivity index (χ2n) is 8.62. The number of hydrogen-bond acceptors (Lipinski definition) is 5. The molecule has 0 bridgehead atoms. The Labute approximate surface area is 232 Å². The van der Waals surface area contributed by atoms with Gasteiger partial charge >= 0.3 is 5.97 Å². The highest BCUT2D eigenvalue weighted by molar-refractivity contribution is 5.99. The predicted molar refractivity (Wildman–Crippen MR) is 155 cm³/mol. The third kappa shape index (κ3) is 8.70. The predicted octanol–water partition coefficient (Wildman–Crippen LogP) is -0.0164. The summed E-state index contributed by atoms with van der Waals surface area (Å²) in [4.78, 5) is 12.1. The first kappa shape index (κ1) is 39.9. The maximum atomic E-state index is 12.1. The first-order valence-corrected chi connectivity index (χ1v) is 10.9. The summed E-state index contributed by atoms with van der Waals surface area (Å²) in [5, 5.41) is 30.9. The van der Waals surface area contributed by atoms with E-state index < -0.39 is 17.5 Å². The van der Waals surface area contributed by atoms with E-state index in [1.165, 1.54) is 0 Å². The normalized spacial score (nSPS) is 15.8. The minimum absolute atomic E-state index is 0. The Hall–Kier alpha value is -3.62. The van der Waals surface area contributed by atoms with Crippen molar-refractivity contribution in [2.75, 3.05) is 13.1 Å². The Morgan fingerprint density at radius 3 is 2.13 bits per heavy atom. The number of nitrogen functional groups attached to an aromatic ring is 1. The number of nitrogens with two attached hydrogens (primary N) is 1. The fourth-order valence-electron chi connectivity index (χ4n) is 4.32. The van der Waals surface area contributed by atoms with Crippen molar-refractivity contribution in [3.8, 4) is 5.75 Å². The first-order chi connectivity index (χ1) is 15.8. The number of hydrogen-bond donors (Lipinski definition) is 5. The van der Waals surface area contributed by atoms with Crippen molar-refractivity contribution in [1.82, 2.24) is 5.32 Å². The summed E-state index contributed by atoms with van der Waals surface area (Å²) < 4.78 is 6.15. The van der Waals surface area contributed by atoms with E-state index in [0.717, 1.165) is 29.3 Å². The van der Waals surface area contributed by atoms with Crippen molar-refractivity contribution in [3.05, 3.63) is 77.4 Å². The maximum absolute atomic E-state index is 12.1. The summed E-state index contributed by atoms with van der Waals surface area (Å²) in [7, 11) is 0. The van der Waals surface area contributed by atoms with Gasteiger partial charge in [0.15, 0.2) is 5.60 Å². The lowest BCUT2D eigenvalue weighted by molar-refractivity contribution is -0.138. The van der Waals surface area contributed by atoms with E-state index in [4.69, 9.17) is 21.3 Å². The Balaban J connectivity index is -0.00000216. The lowest BCUT2D eigenvalue weighted by Gasteiger charge is -2.29. The third-order valence-corrected chi connectivity index (χ3v) is 6.35. The molecule has 12 nitrogen and oxygen atoms in total. The van der Waals surface area contributed by atoms with Crippen molar-refractivity contribution in [2.24, 2.45) is 5.73 Å². The van der Waals surface area contributed by atoms with Crippen LogP contribution in [-0.2, 0) is 11.2 Å². The monoisotopic (exact) mass is 570 g/mol. The number of benzene rings is 3. The minimum atomic E-state index is -0.895. The first-order valence-electron chi connectivity index (χ1n) is 10.9. The van der Waals surface area contributed by atoms with E-state index in [0.29, 0.717) is 35.6 Å². The van der Waals surface area contributed by atoms with E-state index >= 15 is 0 Å². The van der Waals surface area contributed by atoms with Gasteiger partial charge in [-0.15, -0.1) is 12.4 Å². The Bertz CT molecular complexity index is 1230. The summed E-state index contributed by atoms with van der Waals surface area (Å²) in [6.45, 7) is 3.15. The fourth-order valence-corrected chi connectivity index (χ4v) is 4.32. The molecule has 0 radical (unpaired) electrons. The summed E-state index contributed by atoms with van der Waals surface area (Å²) in [5.41, 5.74) is 7.67. The Kier molecular flexibility index (Phi) is 16.7. The maximum Gasteiger partial charge on any atom is 0.311 e. The van der Waals surface area contributed by atoms with Gasteiger partial charge in [-0.25, -0.2) is 0 Å². The van der Waals surface area contributed by atoms with Gasteiger partial charge in [0.05, 0.1) is 11.6 Å². The molecule has 218 valence electrons. The van der Waals surface area contributed by atoms with E-state index in [2.05, 4.69) is 5.32 Å². The molecule has 4 rings (SSSR count). The minimum Gasteiger partial charge on any atom is -0.481 e. The van der Waals surface area contributed by atoms with Gasteiger partial charge in [0, 0.05) is 18.5 Å². The number of carboxylic acid groups (broad SMARTS) is 1. The largest absolute Gasteiger partial charge is 0.481 e. The Morgan fingerprint density at radius 1 is 1.00 bits per heavy atom. The van der Waals surface area contributed by atoms with E-state index in [1.807, 2.05) is 30.3 Å². The van der Waals surface area contributed by atoms with Crippen LogP contribution in [0.2, 0.25) is 0 Å². The molecule has 1 fully saturated rings. The second kappa shape index (κ2) is 16.4. The molecule has 0 unspecified atom stereocenters. The Morgan fingerprint density at radius 2 is 1.62 bits per heavy atom. The number of nitrogens with one attached hydrogen (secondary N) is 3. The molecule has 0 aromatic heterocycles. The van der Waals surface area contributed by atoms with Crippen LogP contribution in [0.15, 0.2) is 60.7 Å². The summed E-state index contributed by atoms with van der Waals surface area (Å²) in [6.07, 6.45) is 1.07. The van der Waals surface area contributed by atoms with Gasteiger partial charge in [-0.05, 0) is 60.0 Å². The van der Waals surface area contributed by atoms with Crippen LogP contribution in [0.1, 0.15) is 36.0 Å². The molecule has 39 heavy (non-hydrogen) atoms. The molecule has 1 saturated heterocycles. The molecular formula is C26H39ClN4O8. The molecule has 1 aliphatic heterocycles. The number of halogens is 1. The molecule has 0 spiro atoms. The zero-order valence-electron chi connectivity index (χ0n) is 21.4. The topological polar surface area (TPSA) is 290 Å². The van der Waals surface area contributed by atoms with Crippen LogP contribution in [0.25, 0.3) is 10.8 Å². The number of carbonyl (C=O) groups is 1. The molecule has 0 aliphatic carbocycles. The number of aliphatic carboxylic acids is 1. The van der Waals surface area contributed by atoms with Crippen LogP contribution < -0.4 is 15.8 Å². The van der Waals surface area contributed by atoms with Crippen molar-refractivity contribution < 1.29 is 42.0 Å². The highest BCUT2D eigenvalue weighted by Crippen LogP contribution is 2.29. The van der Waals surface area contributed by atoms with Gasteiger partial charge in [0.2, 0.25) is 0 Å². The van der Waals surface area contributed by atoms with E-state index in [-0.39, 0.29) is 45.6 Å². The average Bonchev–Trinajstić information content (AvgIpc) is 3.27. The van der Waals surface area contributed by atoms with Gasteiger partial charge < -0.3 is 53.7 Å². The summed E-state index contributed by atoms with van der Waals surface area (Å²) in [6, 6.07) is 18.6. The molecule has 2 atom stereocenters. The zero-order chi connectivity index (χ0) is 23.6.